The predicted molar refractivity (Wildman–Crippen MR) is 153 cm³/mol. The van der Waals surface area contributed by atoms with Gasteiger partial charge in [0, 0.05) is 12.8 Å². The summed E-state index contributed by atoms with van der Waals surface area (Å²) in [7, 11) is -22.9. The third-order valence-corrected chi connectivity index (χ3v) is 8.69. The second-order valence-corrected chi connectivity index (χ2v) is 15.2. The fourth-order valence-corrected chi connectivity index (χ4v) is 6.79. The van der Waals surface area contributed by atoms with Crippen molar-refractivity contribution in [2.75, 3.05) is 13.2 Å². The lowest BCUT2D eigenvalue weighted by Gasteiger charge is -2.45. The van der Waals surface area contributed by atoms with Crippen molar-refractivity contribution in [3.63, 3.8) is 0 Å². The number of esters is 2. The summed E-state index contributed by atoms with van der Waals surface area (Å²) in [6.45, 7) is 2.13. The van der Waals surface area contributed by atoms with Crippen LogP contribution < -0.4 is 0 Å². The maximum absolute atomic E-state index is 12.9. The van der Waals surface area contributed by atoms with Crippen LogP contribution in [0, 0.1) is 0 Å². The normalized spacial score (nSPS) is 25.9. The third kappa shape index (κ3) is 18.2. The summed E-state index contributed by atoms with van der Waals surface area (Å²) in [5.74, 6) is -1.46. The van der Waals surface area contributed by atoms with Gasteiger partial charge in [0.05, 0.1) is 6.61 Å². The minimum Gasteiger partial charge on any atom is -0.462 e. The molecule has 22 nitrogen and oxygen atoms in total. The lowest BCUT2D eigenvalue weighted by molar-refractivity contribution is -0.209. The Labute approximate surface area is 268 Å². The Kier molecular flexibility index (Phi) is 18.5. The van der Waals surface area contributed by atoms with Crippen molar-refractivity contribution in [1.29, 1.82) is 0 Å². The van der Waals surface area contributed by atoms with E-state index in [0.717, 1.165) is 19.3 Å². The van der Waals surface area contributed by atoms with Gasteiger partial charge in [-0.25, -0.2) is 18.3 Å². The van der Waals surface area contributed by atoms with Crippen LogP contribution in [0.15, 0.2) is 0 Å². The fourth-order valence-electron chi connectivity index (χ4n) is 4.14. The van der Waals surface area contributed by atoms with E-state index in [0.29, 0.717) is 19.3 Å². The molecule has 1 fully saturated rings. The van der Waals surface area contributed by atoms with E-state index in [1.807, 2.05) is 13.8 Å². The molecule has 9 N–H and O–H groups in total. The number of aliphatic hydroxyl groups is 2. The number of unbranched alkanes of at least 4 members (excludes halogenated alkanes) is 4. The highest BCUT2D eigenvalue weighted by Crippen LogP contribution is 2.53. The quantitative estimate of drug-likeness (QED) is 0.0405. The van der Waals surface area contributed by atoms with E-state index >= 15 is 0 Å². The van der Waals surface area contributed by atoms with Gasteiger partial charge in [0.25, 0.3) is 0 Å². The zero-order chi connectivity index (χ0) is 36.2. The van der Waals surface area contributed by atoms with E-state index in [1.54, 1.807) is 0 Å². The monoisotopic (exact) mass is 770 g/mol. The van der Waals surface area contributed by atoms with Crippen LogP contribution in [-0.4, -0.2) is 112 Å². The summed E-state index contributed by atoms with van der Waals surface area (Å²) in [4.78, 5) is 90.2. The Bertz CT molecular complexity index is 1140. The highest BCUT2D eigenvalue weighted by Gasteiger charge is 2.58. The first-order chi connectivity index (χ1) is 21.5. The lowest BCUT2D eigenvalue weighted by Crippen LogP contribution is -2.65. The second-order valence-electron chi connectivity index (χ2n) is 10.2. The van der Waals surface area contributed by atoms with Crippen LogP contribution >= 0.6 is 31.3 Å². The zero-order valence-electron chi connectivity index (χ0n) is 25.2. The lowest BCUT2D eigenvalue weighted by atomic mass is 9.85. The molecule has 0 aromatic heterocycles. The molecule has 0 radical (unpaired) electrons. The van der Waals surface area contributed by atoms with Gasteiger partial charge in [-0.05, 0) is 12.8 Å². The molecule has 1 rings (SSSR count). The smallest absolute Gasteiger partial charge is 0.462 e. The van der Waals surface area contributed by atoms with Crippen molar-refractivity contribution < 1.29 is 104 Å². The van der Waals surface area contributed by atoms with Crippen LogP contribution in [0.2, 0.25) is 0 Å². The van der Waals surface area contributed by atoms with E-state index in [2.05, 4.69) is 13.6 Å². The van der Waals surface area contributed by atoms with Crippen molar-refractivity contribution in [2.24, 2.45) is 0 Å². The summed E-state index contributed by atoms with van der Waals surface area (Å²) < 4.78 is 80.0. The highest BCUT2D eigenvalue weighted by atomic mass is 31.2. The standard InChI is InChI=1S/C21H42O22P4/c1-3-5-7-9-14(22)37-11-13(39-15(23)10-8-6-4-2)12-38-47(35,36)43-18-16(24)19(40-44(26,27)28)21(42-46(32,33)34)20(17(18)25)41-45(29,30)31/h13,16-21,24-25H,3-12H2,1-2H3,(H,35,36)(H2,26,27,28)(H2,29,30,31)(H2,32,33,34)/t13-,16-,17-,18?,19-,20+,21?/m0/s1. The van der Waals surface area contributed by atoms with Gasteiger partial charge < -0.3 is 53.9 Å². The average molecular weight is 770 g/mol. The number of carbonyl (C=O) groups is 2. The Balaban J connectivity index is 3.25. The average Bonchev–Trinajstić information content (AvgIpc) is 2.91. The molecule has 3 unspecified atom stereocenters. The first kappa shape index (κ1) is 44.3. The molecule has 0 saturated heterocycles. The molecular formula is C21H42O22P4. The number of hydrogen-bond acceptors (Lipinski definition) is 15. The Morgan fingerprint density at radius 3 is 1.45 bits per heavy atom. The molecule has 0 spiro atoms. The van der Waals surface area contributed by atoms with Gasteiger partial charge in [0.2, 0.25) is 0 Å². The second kappa shape index (κ2) is 19.6. The minimum atomic E-state index is -5.76. The zero-order valence-corrected chi connectivity index (χ0v) is 28.8. The van der Waals surface area contributed by atoms with Crippen LogP contribution in [0.5, 0.6) is 0 Å². The molecule has 47 heavy (non-hydrogen) atoms. The first-order valence-corrected chi connectivity index (χ1v) is 20.2. The van der Waals surface area contributed by atoms with Gasteiger partial charge in [-0.1, -0.05) is 39.5 Å². The van der Waals surface area contributed by atoms with Crippen LogP contribution in [0.1, 0.15) is 65.2 Å². The Morgan fingerprint density at radius 1 is 0.596 bits per heavy atom. The molecule has 1 aliphatic rings. The summed E-state index contributed by atoms with van der Waals surface area (Å²) in [5.41, 5.74) is 0. The van der Waals surface area contributed by atoms with Crippen LogP contribution in [0.4, 0.5) is 0 Å². The molecule has 0 aliphatic heterocycles. The molecule has 0 bridgehead atoms. The maximum atomic E-state index is 12.9. The van der Waals surface area contributed by atoms with Crippen molar-refractivity contribution >= 4 is 43.2 Å². The largest absolute Gasteiger partial charge is 0.472 e. The molecule has 1 saturated carbocycles. The van der Waals surface area contributed by atoms with E-state index in [1.165, 1.54) is 0 Å². The summed E-state index contributed by atoms with van der Waals surface area (Å²) >= 11 is 0. The van der Waals surface area contributed by atoms with Gasteiger partial charge in [0.15, 0.2) is 6.10 Å². The van der Waals surface area contributed by atoms with Crippen molar-refractivity contribution in [3.05, 3.63) is 0 Å². The molecule has 0 aromatic carbocycles. The molecule has 0 heterocycles. The number of phosphoric acid groups is 4. The number of phosphoric ester groups is 4. The number of ether oxygens (including phenoxy) is 2. The fraction of sp³-hybridized carbons (Fsp3) is 0.905. The third-order valence-electron chi connectivity index (χ3n) is 6.15. The van der Waals surface area contributed by atoms with Gasteiger partial charge in [0.1, 0.15) is 43.2 Å². The van der Waals surface area contributed by atoms with Crippen LogP contribution in [0.25, 0.3) is 0 Å². The molecule has 278 valence electrons. The molecule has 0 amide bonds. The predicted octanol–water partition coefficient (Wildman–Crippen LogP) is 0.273. The van der Waals surface area contributed by atoms with Gasteiger partial charge in [-0.3, -0.25) is 32.2 Å². The molecule has 8 atom stereocenters. The van der Waals surface area contributed by atoms with Crippen LogP contribution in [-0.2, 0) is 59.9 Å². The summed E-state index contributed by atoms with van der Waals surface area (Å²) in [6, 6.07) is 0. The van der Waals surface area contributed by atoms with E-state index in [4.69, 9.17) is 18.5 Å². The summed E-state index contributed by atoms with van der Waals surface area (Å²) in [5, 5.41) is 21.4. The summed E-state index contributed by atoms with van der Waals surface area (Å²) in [6.07, 6.45) is -14.0. The Morgan fingerprint density at radius 2 is 1.02 bits per heavy atom. The Hall–Kier alpha value is -0.700. The molecule has 0 aromatic rings. The van der Waals surface area contributed by atoms with E-state index in [9.17, 15) is 72.3 Å². The van der Waals surface area contributed by atoms with Crippen molar-refractivity contribution in [3.8, 4) is 0 Å². The van der Waals surface area contributed by atoms with Gasteiger partial charge >= 0.3 is 43.2 Å². The molecule has 26 heteroatoms. The number of rotatable bonds is 22. The topological polar surface area (TPSA) is 349 Å². The molecular weight excluding hydrogens is 728 g/mol. The van der Waals surface area contributed by atoms with E-state index < -0.39 is 99.2 Å². The highest BCUT2D eigenvalue weighted by molar-refractivity contribution is 7.47. The minimum absolute atomic E-state index is 0.0212. The number of aliphatic hydroxyl groups excluding tert-OH is 2. The van der Waals surface area contributed by atoms with Crippen LogP contribution in [0.3, 0.4) is 0 Å². The van der Waals surface area contributed by atoms with Gasteiger partial charge in [-0.2, -0.15) is 0 Å². The number of hydrogen-bond donors (Lipinski definition) is 9. The maximum Gasteiger partial charge on any atom is 0.472 e. The number of carbonyl (C=O) groups excluding carboxylic acids is 2. The molecule has 1 aliphatic carbocycles. The van der Waals surface area contributed by atoms with E-state index in [-0.39, 0.29) is 12.8 Å². The van der Waals surface area contributed by atoms with Gasteiger partial charge in [-0.15, -0.1) is 0 Å². The van der Waals surface area contributed by atoms with Crippen molar-refractivity contribution in [1.82, 2.24) is 0 Å². The SMILES string of the molecule is CCCCCC(=O)OC[C@@H](COP(=O)(O)OC1[C@H](O)[C@H](OP(=O)(O)O)C(OP(=O)(O)O)[C@H](OP(=O)(O)O)[C@H]1O)OC(=O)CCCCC. The first-order valence-electron chi connectivity index (χ1n) is 14.1. The van der Waals surface area contributed by atoms with Crippen molar-refractivity contribution in [2.45, 2.75) is 108 Å².